The average Bonchev–Trinajstić information content (AvgIpc) is 2.31. The number of esters is 1. The summed E-state index contributed by atoms with van der Waals surface area (Å²) in [6, 6.07) is 5.46. The van der Waals surface area contributed by atoms with Crippen LogP contribution >= 0.6 is 15.9 Å². The van der Waals surface area contributed by atoms with E-state index in [0.29, 0.717) is 11.3 Å². The molecule has 3 nitrogen and oxygen atoms in total. The molecule has 1 aliphatic heterocycles. The van der Waals surface area contributed by atoms with Crippen LogP contribution in [0.25, 0.3) is 0 Å². The predicted octanol–water partition coefficient (Wildman–Crippen LogP) is 3.66. The fourth-order valence-electron chi connectivity index (χ4n) is 2.49. The van der Waals surface area contributed by atoms with Crippen molar-refractivity contribution in [3.63, 3.8) is 0 Å². The highest BCUT2D eigenvalue weighted by Gasteiger charge is 2.43. The van der Waals surface area contributed by atoms with Crippen molar-refractivity contribution in [3.05, 3.63) is 28.2 Å². The van der Waals surface area contributed by atoms with Crippen molar-refractivity contribution in [2.24, 2.45) is 0 Å². The molecule has 3 rings (SSSR count). The fourth-order valence-corrected chi connectivity index (χ4v) is 2.85. The van der Waals surface area contributed by atoms with Crippen LogP contribution < -0.4 is 4.74 Å². The van der Waals surface area contributed by atoms with E-state index in [2.05, 4.69) is 15.9 Å². The van der Waals surface area contributed by atoms with E-state index in [1.165, 1.54) is 6.42 Å². The minimum Gasteiger partial charge on any atom is -0.451 e. The van der Waals surface area contributed by atoms with Crippen molar-refractivity contribution >= 4 is 21.9 Å². The van der Waals surface area contributed by atoms with Crippen molar-refractivity contribution in [1.82, 2.24) is 0 Å². The summed E-state index contributed by atoms with van der Waals surface area (Å²) >= 11 is 3.34. The van der Waals surface area contributed by atoms with E-state index in [-0.39, 0.29) is 5.97 Å². The molecule has 1 aliphatic carbocycles. The molecule has 1 saturated carbocycles. The Balaban J connectivity index is 1.97. The van der Waals surface area contributed by atoms with Crippen LogP contribution in [0.1, 0.15) is 42.5 Å². The van der Waals surface area contributed by atoms with Gasteiger partial charge in [0.2, 0.25) is 0 Å². The van der Waals surface area contributed by atoms with Crippen LogP contribution in [0.15, 0.2) is 22.7 Å². The zero-order valence-electron chi connectivity index (χ0n) is 9.37. The first-order valence-corrected chi connectivity index (χ1v) is 6.70. The second-order valence-electron chi connectivity index (χ2n) is 4.60. The highest BCUT2D eigenvalue weighted by Crippen LogP contribution is 2.40. The molecule has 0 bridgehead atoms. The lowest BCUT2D eigenvalue weighted by molar-refractivity contribution is -0.172. The number of halogens is 1. The van der Waals surface area contributed by atoms with Crippen LogP contribution in [-0.4, -0.2) is 11.8 Å². The second-order valence-corrected chi connectivity index (χ2v) is 5.52. The van der Waals surface area contributed by atoms with Crippen molar-refractivity contribution in [2.75, 3.05) is 0 Å². The van der Waals surface area contributed by atoms with Crippen LogP contribution in [-0.2, 0) is 4.74 Å². The van der Waals surface area contributed by atoms with Gasteiger partial charge in [-0.15, -0.1) is 0 Å². The molecule has 0 unspecified atom stereocenters. The molecule has 0 aromatic heterocycles. The van der Waals surface area contributed by atoms with Gasteiger partial charge in [-0.1, -0.05) is 22.4 Å². The fraction of sp³-hybridized carbons (Fsp3) is 0.462. The second kappa shape index (κ2) is 4.02. The Kier molecular flexibility index (Phi) is 2.62. The third-order valence-electron chi connectivity index (χ3n) is 3.35. The minimum atomic E-state index is -0.698. The summed E-state index contributed by atoms with van der Waals surface area (Å²) in [6.07, 6.45) is 4.90. The molecule has 0 atom stereocenters. The summed E-state index contributed by atoms with van der Waals surface area (Å²) in [5.74, 6) is -0.323. The summed E-state index contributed by atoms with van der Waals surface area (Å²) in [5.41, 5.74) is 0.510. The smallest absolute Gasteiger partial charge is 0.345 e. The van der Waals surface area contributed by atoms with E-state index in [1.54, 1.807) is 6.07 Å². The Morgan fingerprint density at radius 1 is 1.12 bits per heavy atom. The Bertz CT molecular complexity index is 464. The zero-order chi connectivity index (χ0) is 11.9. The largest absolute Gasteiger partial charge is 0.451 e. The molecule has 0 saturated heterocycles. The number of carbonyl (C=O) groups excluding carboxylic acids is 1. The topological polar surface area (TPSA) is 35.5 Å². The molecule has 2 aliphatic rings. The van der Waals surface area contributed by atoms with Crippen LogP contribution in [0.3, 0.4) is 0 Å². The quantitative estimate of drug-likeness (QED) is 0.686. The molecule has 1 spiro atoms. The van der Waals surface area contributed by atoms with E-state index in [0.717, 1.165) is 30.2 Å². The maximum absolute atomic E-state index is 12.0. The van der Waals surface area contributed by atoms with Crippen LogP contribution in [0.4, 0.5) is 0 Å². The molecule has 4 heteroatoms. The van der Waals surface area contributed by atoms with E-state index in [9.17, 15) is 4.79 Å². The first-order chi connectivity index (χ1) is 8.19. The number of hydrogen-bond acceptors (Lipinski definition) is 3. The molecule has 0 N–H and O–H groups in total. The number of hydrogen-bond donors (Lipinski definition) is 0. The van der Waals surface area contributed by atoms with Gasteiger partial charge in [0, 0.05) is 17.3 Å². The van der Waals surface area contributed by atoms with Gasteiger partial charge in [0.1, 0.15) is 11.3 Å². The van der Waals surface area contributed by atoms with Crippen LogP contribution in [0.5, 0.6) is 5.75 Å². The number of carbonyl (C=O) groups is 1. The summed E-state index contributed by atoms with van der Waals surface area (Å²) in [5, 5.41) is 0. The Morgan fingerprint density at radius 2 is 1.88 bits per heavy atom. The van der Waals surface area contributed by atoms with E-state index in [4.69, 9.17) is 9.47 Å². The maximum atomic E-state index is 12.0. The van der Waals surface area contributed by atoms with Gasteiger partial charge in [0.25, 0.3) is 5.79 Å². The van der Waals surface area contributed by atoms with Gasteiger partial charge in [-0.05, 0) is 31.0 Å². The highest BCUT2D eigenvalue weighted by molar-refractivity contribution is 9.10. The molecular formula is C13H13BrO3. The standard InChI is InChI=1S/C13H13BrO3/c14-9-4-5-11-10(8-9)12(15)17-13(16-11)6-2-1-3-7-13/h4-5,8H,1-3,6-7H2. The Labute approximate surface area is 108 Å². The zero-order valence-corrected chi connectivity index (χ0v) is 11.0. The normalized spacial score (nSPS) is 21.6. The van der Waals surface area contributed by atoms with Gasteiger partial charge in [-0.3, -0.25) is 0 Å². The van der Waals surface area contributed by atoms with E-state index in [1.807, 2.05) is 12.1 Å². The number of benzene rings is 1. The number of ether oxygens (including phenoxy) is 2. The van der Waals surface area contributed by atoms with E-state index >= 15 is 0 Å². The molecule has 1 aromatic rings. The number of fused-ring (bicyclic) bond motifs is 1. The first-order valence-electron chi connectivity index (χ1n) is 5.90. The van der Waals surface area contributed by atoms with Crippen molar-refractivity contribution in [2.45, 2.75) is 37.9 Å². The van der Waals surface area contributed by atoms with Gasteiger partial charge in [0.15, 0.2) is 0 Å². The maximum Gasteiger partial charge on any atom is 0.345 e. The monoisotopic (exact) mass is 296 g/mol. The van der Waals surface area contributed by atoms with Gasteiger partial charge in [-0.25, -0.2) is 4.79 Å². The summed E-state index contributed by atoms with van der Waals surface area (Å²) in [6.45, 7) is 0. The minimum absolute atomic E-state index is 0.269. The van der Waals surface area contributed by atoms with E-state index < -0.39 is 5.79 Å². The molecular weight excluding hydrogens is 284 g/mol. The van der Waals surface area contributed by atoms with Crippen LogP contribution in [0.2, 0.25) is 0 Å². The lowest BCUT2D eigenvalue weighted by atomic mass is 9.93. The average molecular weight is 297 g/mol. The molecule has 17 heavy (non-hydrogen) atoms. The highest BCUT2D eigenvalue weighted by atomic mass is 79.9. The summed E-state index contributed by atoms with van der Waals surface area (Å²) in [7, 11) is 0. The SMILES string of the molecule is O=C1OC2(CCCCC2)Oc2ccc(Br)cc21. The van der Waals surface area contributed by atoms with Gasteiger partial charge < -0.3 is 9.47 Å². The molecule has 0 radical (unpaired) electrons. The summed E-state index contributed by atoms with van der Waals surface area (Å²) in [4.78, 5) is 12.0. The third kappa shape index (κ3) is 1.95. The lowest BCUT2D eigenvalue weighted by Crippen LogP contribution is -2.46. The molecule has 1 fully saturated rings. The number of rotatable bonds is 0. The molecule has 90 valence electrons. The Morgan fingerprint density at radius 3 is 2.65 bits per heavy atom. The van der Waals surface area contributed by atoms with Gasteiger partial charge >= 0.3 is 5.97 Å². The first kappa shape index (κ1) is 11.1. The van der Waals surface area contributed by atoms with Crippen molar-refractivity contribution < 1.29 is 14.3 Å². The third-order valence-corrected chi connectivity index (χ3v) is 3.84. The van der Waals surface area contributed by atoms with Crippen molar-refractivity contribution in [1.29, 1.82) is 0 Å². The van der Waals surface area contributed by atoms with Crippen molar-refractivity contribution in [3.8, 4) is 5.75 Å². The van der Waals surface area contributed by atoms with Crippen LogP contribution in [0, 0.1) is 0 Å². The summed E-state index contributed by atoms with van der Waals surface area (Å²) < 4.78 is 12.3. The van der Waals surface area contributed by atoms with Gasteiger partial charge in [-0.2, -0.15) is 0 Å². The Hall–Kier alpha value is -1.03. The predicted molar refractivity (Wildman–Crippen MR) is 66.0 cm³/mol. The lowest BCUT2D eigenvalue weighted by Gasteiger charge is -2.39. The molecule has 1 heterocycles. The molecule has 1 aromatic carbocycles. The molecule has 0 amide bonds. The van der Waals surface area contributed by atoms with Gasteiger partial charge in [0.05, 0.1) is 0 Å².